The first-order valence-electron chi connectivity index (χ1n) is 7.94. The zero-order valence-electron chi connectivity index (χ0n) is 14.4. The zero-order valence-corrected chi connectivity index (χ0v) is 15.2. The summed E-state index contributed by atoms with van der Waals surface area (Å²) in [5.74, 6) is 0.0390. The van der Waals surface area contributed by atoms with Crippen molar-refractivity contribution in [3.8, 4) is 5.75 Å². The molecule has 9 heteroatoms. The molecule has 0 saturated carbocycles. The first-order chi connectivity index (χ1) is 12.7. The summed E-state index contributed by atoms with van der Waals surface area (Å²) < 4.78 is 35.0. The Kier molecular flexibility index (Phi) is 4.71. The van der Waals surface area contributed by atoms with E-state index in [2.05, 4.69) is 0 Å². The molecular weight excluding hydrogens is 374 g/mol. The van der Waals surface area contributed by atoms with Crippen molar-refractivity contribution in [1.82, 2.24) is 0 Å². The summed E-state index contributed by atoms with van der Waals surface area (Å²) >= 11 is 0. The van der Waals surface area contributed by atoms with Gasteiger partial charge in [0.15, 0.2) is 0 Å². The van der Waals surface area contributed by atoms with E-state index in [9.17, 15) is 23.3 Å². The number of nitro groups is 1. The van der Waals surface area contributed by atoms with E-state index < -0.39 is 20.7 Å². The van der Waals surface area contributed by atoms with E-state index in [1.165, 1.54) is 18.2 Å². The Hall–Kier alpha value is -3.20. The number of hydrogen-bond donors (Lipinski definition) is 0. The third-order valence-electron chi connectivity index (χ3n) is 3.91. The van der Waals surface area contributed by atoms with E-state index in [0.29, 0.717) is 5.39 Å². The zero-order chi connectivity index (χ0) is 19.8. The van der Waals surface area contributed by atoms with Crippen molar-refractivity contribution in [2.24, 2.45) is 0 Å². The van der Waals surface area contributed by atoms with Crippen LogP contribution >= 0.6 is 0 Å². The van der Waals surface area contributed by atoms with Crippen LogP contribution in [0.1, 0.15) is 25.3 Å². The minimum absolute atomic E-state index is 0.0371. The van der Waals surface area contributed by atoms with Crippen molar-refractivity contribution in [1.29, 1.82) is 0 Å². The van der Waals surface area contributed by atoms with Crippen molar-refractivity contribution < 1.29 is 21.9 Å². The molecule has 0 saturated heterocycles. The highest BCUT2D eigenvalue weighted by molar-refractivity contribution is 7.87. The molecule has 1 heterocycles. The van der Waals surface area contributed by atoms with E-state index in [-0.39, 0.29) is 27.8 Å². The van der Waals surface area contributed by atoms with E-state index in [1.54, 1.807) is 6.07 Å². The van der Waals surface area contributed by atoms with Gasteiger partial charge in [0, 0.05) is 29.7 Å². The number of nitro benzene ring substituents is 1. The monoisotopic (exact) mass is 389 g/mol. The molecule has 8 nitrogen and oxygen atoms in total. The Balaban J connectivity index is 1.98. The van der Waals surface area contributed by atoms with Crippen LogP contribution in [-0.4, -0.2) is 13.3 Å². The van der Waals surface area contributed by atoms with E-state index in [1.807, 2.05) is 13.8 Å². The van der Waals surface area contributed by atoms with Gasteiger partial charge in [-0.1, -0.05) is 13.8 Å². The van der Waals surface area contributed by atoms with Gasteiger partial charge in [-0.15, -0.1) is 0 Å². The predicted octanol–water partition coefficient (Wildman–Crippen LogP) is 3.59. The summed E-state index contributed by atoms with van der Waals surface area (Å²) in [6.45, 7) is 3.86. The summed E-state index contributed by atoms with van der Waals surface area (Å²) in [7, 11) is -4.20. The van der Waals surface area contributed by atoms with Gasteiger partial charge in [-0.25, -0.2) is 4.79 Å². The fourth-order valence-electron chi connectivity index (χ4n) is 2.61. The Labute approximate surface area is 154 Å². The van der Waals surface area contributed by atoms with Crippen LogP contribution in [0.3, 0.4) is 0 Å². The van der Waals surface area contributed by atoms with Crippen LogP contribution in [0.2, 0.25) is 0 Å². The fourth-order valence-corrected chi connectivity index (χ4v) is 3.53. The SMILES string of the molecule is CC(C)c1cc(=O)oc2cc(OS(=O)(=O)c3ccc([N+](=O)[O-])cc3)ccc12. The highest BCUT2D eigenvalue weighted by Crippen LogP contribution is 2.28. The van der Waals surface area contributed by atoms with Crippen molar-refractivity contribution in [2.75, 3.05) is 0 Å². The second-order valence-corrected chi connectivity index (χ2v) is 7.67. The van der Waals surface area contributed by atoms with Gasteiger partial charge in [0.05, 0.1) is 4.92 Å². The van der Waals surface area contributed by atoms with Gasteiger partial charge in [-0.2, -0.15) is 8.42 Å². The Morgan fingerprint density at radius 2 is 1.74 bits per heavy atom. The van der Waals surface area contributed by atoms with Crippen LogP contribution in [0.25, 0.3) is 11.0 Å². The van der Waals surface area contributed by atoms with Gasteiger partial charge in [0.1, 0.15) is 16.2 Å². The van der Waals surface area contributed by atoms with Crippen LogP contribution in [0.4, 0.5) is 5.69 Å². The summed E-state index contributed by atoms with van der Waals surface area (Å²) in [5, 5.41) is 11.4. The highest BCUT2D eigenvalue weighted by Gasteiger charge is 2.19. The lowest BCUT2D eigenvalue weighted by Gasteiger charge is -2.10. The van der Waals surface area contributed by atoms with Crippen LogP contribution in [-0.2, 0) is 10.1 Å². The molecule has 3 rings (SSSR count). The summed E-state index contributed by atoms with van der Waals surface area (Å²) in [6.07, 6.45) is 0. The average Bonchev–Trinajstić information content (AvgIpc) is 2.60. The molecule has 0 amide bonds. The van der Waals surface area contributed by atoms with E-state index in [4.69, 9.17) is 8.60 Å². The second-order valence-electron chi connectivity index (χ2n) is 6.12. The number of rotatable bonds is 5. The molecule has 0 spiro atoms. The lowest BCUT2D eigenvalue weighted by atomic mass is 10.00. The standard InChI is InChI=1S/C18H15NO7S/c1-11(2)16-10-18(20)25-17-9-13(5-8-15(16)17)26-27(23,24)14-6-3-12(4-7-14)19(21)22/h3-11H,1-2H3. The number of nitrogens with zero attached hydrogens (tertiary/aromatic N) is 1. The minimum Gasteiger partial charge on any atom is -0.423 e. The molecule has 0 fully saturated rings. The highest BCUT2D eigenvalue weighted by atomic mass is 32.2. The maximum absolute atomic E-state index is 12.4. The third-order valence-corrected chi connectivity index (χ3v) is 5.17. The maximum Gasteiger partial charge on any atom is 0.339 e. The predicted molar refractivity (Wildman–Crippen MR) is 97.5 cm³/mol. The Morgan fingerprint density at radius 3 is 2.33 bits per heavy atom. The third kappa shape index (κ3) is 3.82. The number of non-ortho nitro benzene ring substituents is 1. The molecule has 0 unspecified atom stereocenters. The molecule has 0 aliphatic rings. The van der Waals surface area contributed by atoms with Crippen molar-refractivity contribution in [3.63, 3.8) is 0 Å². The summed E-state index contributed by atoms with van der Waals surface area (Å²) in [5.41, 5.74) is 0.220. The first-order valence-corrected chi connectivity index (χ1v) is 9.35. The summed E-state index contributed by atoms with van der Waals surface area (Å²) in [4.78, 5) is 21.5. The molecule has 1 aromatic heterocycles. The normalized spacial score (nSPS) is 11.7. The lowest BCUT2D eigenvalue weighted by Crippen LogP contribution is -2.10. The fraction of sp³-hybridized carbons (Fsp3) is 0.167. The van der Waals surface area contributed by atoms with Crippen molar-refractivity contribution in [2.45, 2.75) is 24.7 Å². The molecule has 0 atom stereocenters. The van der Waals surface area contributed by atoms with Crippen LogP contribution < -0.4 is 9.81 Å². The largest absolute Gasteiger partial charge is 0.423 e. The van der Waals surface area contributed by atoms with Gasteiger partial charge >= 0.3 is 15.7 Å². The quantitative estimate of drug-likeness (QED) is 0.283. The second kappa shape index (κ2) is 6.84. The van der Waals surface area contributed by atoms with Crippen LogP contribution in [0.5, 0.6) is 5.75 Å². The topological polar surface area (TPSA) is 117 Å². The van der Waals surface area contributed by atoms with Crippen molar-refractivity contribution in [3.05, 3.63) is 74.6 Å². The molecule has 140 valence electrons. The smallest absolute Gasteiger partial charge is 0.339 e. The van der Waals surface area contributed by atoms with E-state index >= 15 is 0 Å². The van der Waals surface area contributed by atoms with Gasteiger partial charge in [-0.05, 0) is 35.7 Å². The number of hydrogen-bond acceptors (Lipinski definition) is 7. The molecule has 0 aliphatic carbocycles. The Morgan fingerprint density at radius 1 is 1.07 bits per heavy atom. The van der Waals surface area contributed by atoms with Gasteiger partial charge in [0.25, 0.3) is 5.69 Å². The average molecular weight is 389 g/mol. The van der Waals surface area contributed by atoms with Gasteiger partial charge in [-0.3, -0.25) is 10.1 Å². The molecular formula is C18H15NO7S. The molecule has 0 N–H and O–H groups in total. The number of benzene rings is 2. The molecule has 0 radical (unpaired) electrons. The maximum atomic E-state index is 12.4. The molecule has 0 bridgehead atoms. The Bertz CT molecular complexity index is 1180. The molecule has 0 aliphatic heterocycles. The van der Waals surface area contributed by atoms with E-state index in [0.717, 1.165) is 29.8 Å². The van der Waals surface area contributed by atoms with Crippen molar-refractivity contribution >= 4 is 26.8 Å². The van der Waals surface area contributed by atoms with Gasteiger partial charge < -0.3 is 8.60 Å². The number of fused-ring (bicyclic) bond motifs is 1. The van der Waals surface area contributed by atoms with Gasteiger partial charge in [0.2, 0.25) is 0 Å². The van der Waals surface area contributed by atoms with Crippen LogP contribution in [0, 0.1) is 10.1 Å². The van der Waals surface area contributed by atoms with Crippen LogP contribution in [0.15, 0.2) is 62.6 Å². The summed E-state index contributed by atoms with van der Waals surface area (Å²) in [6, 6.07) is 10.1. The first kappa shape index (κ1) is 18.6. The molecule has 3 aromatic rings. The lowest BCUT2D eigenvalue weighted by molar-refractivity contribution is -0.384. The molecule has 2 aromatic carbocycles. The minimum atomic E-state index is -4.20. The molecule has 27 heavy (non-hydrogen) atoms.